The number of carbonyl (C=O) groups excluding carboxylic acids is 1. The molecule has 2 aromatic carbocycles. The summed E-state index contributed by atoms with van der Waals surface area (Å²) < 4.78 is 32.5. The summed E-state index contributed by atoms with van der Waals surface area (Å²) in [6.45, 7) is 7.51. The molecule has 0 aliphatic rings. The van der Waals surface area contributed by atoms with Crippen LogP contribution in [0.25, 0.3) is 0 Å². The van der Waals surface area contributed by atoms with Crippen LogP contribution in [-0.2, 0) is 10.0 Å². The van der Waals surface area contributed by atoms with E-state index in [1.165, 1.54) is 12.1 Å². The maximum atomic E-state index is 12.5. The van der Waals surface area contributed by atoms with Crippen molar-refractivity contribution in [3.8, 4) is 5.75 Å². The van der Waals surface area contributed by atoms with Crippen LogP contribution in [0.1, 0.15) is 44.5 Å². The number of amides is 1. The zero-order chi connectivity index (χ0) is 20.0. The van der Waals surface area contributed by atoms with Gasteiger partial charge in [-0.2, -0.15) is 0 Å². The Kier molecular flexibility index (Phi) is 6.98. The maximum absolute atomic E-state index is 12.5. The van der Waals surface area contributed by atoms with Crippen molar-refractivity contribution >= 4 is 21.6 Å². The van der Waals surface area contributed by atoms with Crippen molar-refractivity contribution in [2.24, 2.45) is 0 Å². The Morgan fingerprint density at radius 2 is 1.74 bits per heavy atom. The highest BCUT2D eigenvalue weighted by molar-refractivity contribution is 7.89. The van der Waals surface area contributed by atoms with E-state index >= 15 is 0 Å². The molecule has 27 heavy (non-hydrogen) atoms. The van der Waals surface area contributed by atoms with Crippen LogP contribution < -0.4 is 14.8 Å². The first-order chi connectivity index (χ1) is 12.7. The van der Waals surface area contributed by atoms with Gasteiger partial charge in [-0.3, -0.25) is 4.79 Å². The minimum absolute atomic E-state index is 0.0669. The number of nitrogens with one attached hydrogen (secondary N) is 2. The Balaban J connectivity index is 2.09. The van der Waals surface area contributed by atoms with Crippen LogP contribution in [0.15, 0.2) is 53.4 Å². The van der Waals surface area contributed by atoms with Gasteiger partial charge in [-0.25, -0.2) is 13.1 Å². The van der Waals surface area contributed by atoms with E-state index in [2.05, 4.69) is 10.0 Å². The molecule has 2 rings (SSSR count). The molecule has 0 radical (unpaired) electrons. The van der Waals surface area contributed by atoms with Crippen LogP contribution in [0.5, 0.6) is 5.75 Å². The zero-order valence-electron chi connectivity index (χ0n) is 16.0. The lowest BCUT2D eigenvalue weighted by Crippen LogP contribution is -2.30. The fourth-order valence-electron chi connectivity index (χ4n) is 2.33. The molecule has 0 heterocycles. The van der Waals surface area contributed by atoms with Crippen molar-refractivity contribution in [2.75, 3.05) is 5.32 Å². The Hall–Kier alpha value is -2.38. The topological polar surface area (TPSA) is 84.5 Å². The van der Waals surface area contributed by atoms with Crippen molar-refractivity contribution < 1.29 is 17.9 Å². The Labute approximate surface area is 161 Å². The minimum Gasteiger partial charge on any atom is -0.491 e. The van der Waals surface area contributed by atoms with E-state index in [9.17, 15) is 13.2 Å². The normalized spacial score (nSPS) is 12.6. The number of anilines is 1. The lowest BCUT2D eigenvalue weighted by molar-refractivity contribution is 0.102. The summed E-state index contributed by atoms with van der Waals surface area (Å²) in [4.78, 5) is 12.6. The minimum atomic E-state index is -3.56. The third-order valence-corrected chi connectivity index (χ3v) is 5.50. The highest BCUT2D eigenvalue weighted by Crippen LogP contribution is 2.18. The zero-order valence-corrected chi connectivity index (χ0v) is 16.8. The highest BCUT2D eigenvalue weighted by Gasteiger charge is 2.15. The predicted molar refractivity (Wildman–Crippen MR) is 107 cm³/mol. The van der Waals surface area contributed by atoms with E-state index < -0.39 is 10.0 Å². The van der Waals surface area contributed by atoms with E-state index in [-0.39, 0.29) is 22.9 Å². The summed E-state index contributed by atoms with van der Waals surface area (Å²) in [6.07, 6.45) is 0.939. The fraction of sp³-hybridized carbons (Fsp3) is 0.350. The number of hydrogen-bond acceptors (Lipinski definition) is 4. The van der Waals surface area contributed by atoms with E-state index in [1.54, 1.807) is 44.2 Å². The summed E-state index contributed by atoms with van der Waals surface area (Å²) in [7, 11) is -3.56. The molecule has 6 nitrogen and oxygen atoms in total. The van der Waals surface area contributed by atoms with Gasteiger partial charge in [0.2, 0.25) is 10.0 Å². The maximum Gasteiger partial charge on any atom is 0.255 e. The molecule has 0 fully saturated rings. The van der Waals surface area contributed by atoms with Crippen LogP contribution in [0.3, 0.4) is 0 Å². The Bertz CT molecular complexity index is 877. The van der Waals surface area contributed by atoms with Gasteiger partial charge in [-0.05, 0) is 69.7 Å². The summed E-state index contributed by atoms with van der Waals surface area (Å²) >= 11 is 0. The van der Waals surface area contributed by atoms with Crippen LogP contribution >= 0.6 is 0 Å². The number of sulfonamides is 1. The van der Waals surface area contributed by atoms with Crippen molar-refractivity contribution in [3.63, 3.8) is 0 Å². The SMILES string of the molecule is CCC(C)Oc1cccc(C(=O)Nc2ccc(S(=O)(=O)NC(C)C)cc2)c1. The number of benzene rings is 2. The monoisotopic (exact) mass is 390 g/mol. The van der Waals surface area contributed by atoms with Crippen LogP contribution in [0.2, 0.25) is 0 Å². The van der Waals surface area contributed by atoms with Crippen LogP contribution in [0, 0.1) is 0 Å². The molecule has 0 aliphatic carbocycles. The van der Waals surface area contributed by atoms with E-state index in [0.29, 0.717) is 17.0 Å². The molecule has 2 aromatic rings. The van der Waals surface area contributed by atoms with E-state index in [1.807, 2.05) is 19.9 Å². The number of ether oxygens (including phenoxy) is 1. The van der Waals surface area contributed by atoms with Gasteiger partial charge in [-0.15, -0.1) is 0 Å². The van der Waals surface area contributed by atoms with Gasteiger partial charge in [0, 0.05) is 17.3 Å². The van der Waals surface area contributed by atoms with Crippen LogP contribution in [0.4, 0.5) is 5.69 Å². The molecule has 0 bridgehead atoms. The number of carbonyl (C=O) groups is 1. The average molecular weight is 391 g/mol. The molecule has 2 N–H and O–H groups in total. The average Bonchev–Trinajstić information content (AvgIpc) is 2.61. The molecule has 7 heteroatoms. The quantitative estimate of drug-likeness (QED) is 0.718. The first kappa shape index (κ1) is 20.9. The Morgan fingerprint density at radius 3 is 2.33 bits per heavy atom. The third kappa shape index (κ3) is 6.08. The highest BCUT2D eigenvalue weighted by atomic mass is 32.2. The van der Waals surface area contributed by atoms with Crippen molar-refractivity contribution in [2.45, 2.75) is 51.2 Å². The lowest BCUT2D eigenvalue weighted by atomic mass is 10.2. The lowest BCUT2D eigenvalue weighted by Gasteiger charge is -2.13. The second-order valence-corrected chi connectivity index (χ2v) is 8.33. The molecular weight excluding hydrogens is 364 g/mol. The molecule has 0 aliphatic heterocycles. The van der Waals surface area contributed by atoms with E-state index in [0.717, 1.165) is 6.42 Å². The van der Waals surface area contributed by atoms with Gasteiger partial charge < -0.3 is 10.1 Å². The molecule has 1 unspecified atom stereocenters. The van der Waals surface area contributed by atoms with Gasteiger partial charge in [0.15, 0.2) is 0 Å². The standard InChI is InChI=1S/C20H26N2O4S/c1-5-15(4)26-18-8-6-7-16(13-18)20(23)21-17-9-11-19(12-10-17)27(24,25)22-14(2)3/h6-15,22H,5H2,1-4H3,(H,21,23). The van der Waals surface area contributed by atoms with Crippen LogP contribution in [-0.4, -0.2) is 26.5 Å². The van der Waals surface area contributed by atoms with Gasteiger partial charge in [0.25, 0.3) is 5.91 Å². The molecule has 146 valence electrons. The van der Waals surface area contributed by atoms with Crippen molar-refractivity contribution in [1.29, 1.82) is 0 Å². The van der Waals surface area contributed by atoms with E-state index in [4.69, 9.17) is 4.74 Å². The summed E-state index contributed by atoms with van der Waals surface area (Å²) in [5.74, 6) is 0.346. The van der Waals surface area contributed by atoms with Crippen molar-refractivity contribution in [1.82, 2.24) is 4.72 Å². The van der Waals surface area contributed by atoms with Gasteiger partial charge >= 0.3 is 0 Å². The largest absolute Gasteiger partial charge is 0.491 e. The van der Waals surface area contributed by atoms with Gasteiger partial charge in [0.1, 0.15) is 5.75 Å². The number of rotatable bonds is 8. The third-order valence-electron chi connectivity index (χ3n) is 3.82. The molecule has 1 amide bonds. The smallest absolute Gasteiger partial charge is 0.255 e. The first-order valence-electron chi connectivity index (χ1n) is 8.91. The molecule has 0 saturated heterocycles. The second kappa shape index (κ2) is 9.01. The fourth-order valence-corrected chi connectivity index (χ4v) is 3.58. The van der Waals surface area contributed by atoms with Gasteiger partial charge in [0.05, 0.1) is 11.0 Å². The Morgan fingerprint density at radius 1 is 1.07 bits per heavy atom. The first-order valence-corrected chi connectivity index (χ1v) is 10.4. The summed E-state index contributed by atoms with van der Waals surface area (Å²) in [6, 6.07) is 12.8. The molecule has 0 saturated carbocycles. The molecule has 0 aromatic heterocycles. The predicted octanol–water partition coefficient (Wildman–Crippen LogP) is 3.80. The molecule has 1 atom stereocenters. The molecular formula is C20H26N2O4S. The summed E-state index contributed by atoms with van der Waals surface area (Å²) in [5, 5.41) is 2.76. The molecule has 0 spiro atoms. The summed E-state index contributed by atoms with van der Waals surface area (Å²) in [5.41, 5.74) is 0.978. The second-order valence-electron chi connectivity index (χ2n) is 6.62. The number of hydrogen-bond donors (Lipinski definition) is 2. The van der Waals surface area contributed by atoms with Crippen molar-refractivity contribution in [3.05, 3.63) is 54.1 Å². The van der Waals surface area contributed by atoms with Gasteiger partial charge in [-0.1, -0.05) is 13.0 Å².